The van der Waals surface area contributed by atoms with Crippen LogP contribution in [0.1, 0.15) is 6.92 Å². The Balaban J connectivity index is 2.13. The first-order chi connectivity index (χ1) is 17.2. The van der Waals surface area contributed by atoms with E-state index < -0.39 is 40.7 Å². The second-order valence-corrected chi connectivity index (χ2v) is 10.3. The summed E-state index contributed by atoms with van der Waals surface area (Å²) < 4.78 is 64.7. The van der Waals surface area contributed by atoms with Gasteiger partial charge in [0.25, 0.3) is 21.2 Å². The van der Waals surface area contributed by atoms with Gasteiger partial charge in [-0.1, -0.05) is 11.8 Å². The van der Waals surface area contributed by atoms with Gasteiger partial charge in [0.15, 0.2) is 0 Å². The molecule has 3 aromatic carbocycles. The molecule has 0 saturated carbocycles. The van der Waals surface area contributed by atoms with Gasteiger partial charge in [-0.2, -0.15) is 13.2 Å². The van der Waals surface area contributed by atoms with Crippen LogP contribution in [-0.4, -0.2) is 29.7 Å². The summed E-state index contributed by atoms with van der Waals surface area (Å²) >= 11 is 0.520. The first kappa shape index (κ1) is 27.4. The van der Waals surface area contributed by atoms with Crippen LogP contribution in [0.5, 0.6) is 0 Å². The Morgan fingerprint density at radius 2 is 1.49 bits per heavy atom. The van der Waals surface area contributed by atoms with Crippen LogP contribution in [0.25, 0.3) is 0 Å². The molecule has 0 aliphatic rings. The van der Waals surface area contributed by atoms with Gasteiger partial charge >= 0.3 is 5.51 Å². The van der Waals surface area contributed by atoms with Gasteiger partial charge in [-0.05, 0) is 42.5 Å². The Bertz CT molecular complexity index is 1480. The van der Waals surface area contributed by atoms with Crippen molar-refractivity contribution in [2.45, 2.75) is 27.1 Å². The van der Waals surface area contributed by atoms with E-state index in [0.29, 0.717) is 23.5 Å². The number of nitrogens with one attached hydrogen (secondary N) is 2. The third kappa shape index (κ3) is 6.34. The standard InChI is InChI=1S/C21H15F3N4O7S2/c1-12(29)25-13-2-4-14(5-3-13)26-17-10-19(36-16-8-6-15(7-9-16)27(30)31)20(11-18(17)28(32)33)37(34,35)21(22,23)24/h2-11,26H,1H3,(H,25,29). The lowest BCUT2D eigenvalue weighted by atomic mass is 10.2. The number of non-ortho nitro benzene ring substituents is 1. The maximum Gasteiger partial charge on any atom is 0.501 e. The van der Waals surface area contributed by atoms with Gasteiger partial charge in [0, 0.05) is 46.3 Å². The average molecular weight is 557 g/mol. The number of hydrogen-bond donors (Lipinski definition) is 2. The zero-order valence-electron chi connectivity index (χ0n) is 18.5. The van der Waals surface area contributed by atoms with Crippen LogP contribution in [0.4, 0.5) is 41.6 Å². The van der Waals surface area contributed by atoms with Gasteiger partial charge in [0.05, 0.1) is 14.7 Å². The second kappa shape index (κ2) is 10.4. The topological polar surface area (TPSA) is 162 Å². The number of alkyl halides is 3. The number of benzene rings is 3. The highest BCUT2D eigenvalue weighted by Gasteiger charge is 2.49. The molecule has 0 fully saturated rings. The van der Waals surface area contributed by atoms with E-state index >= 15 is 0 Å². The first-order valence-corrected chi connectivity index (χ1v) is 12.2. The fraction of sp³-hybridized carbons (Fsp3) is 0.0952. The van der Waals surface area contributed by atoms with Gasteiger partial charge in [0.1, 0.15) is 5.69 Å². The quantitative estimate of drug-likeness (QED) is 0.264. The summed E-state index contributed by atoms with van der Waals surface area (Å²) in [6.07, 6.45) is 0. The number of halogens is 3. The van der Waals surface area contributed by atoms with E-state index in [0.717, 1.165) is 18.2 Å². The number of carbonyl (C=O) groups excluding carboxylic acids is 1. The minimum atomic E-state index is -6.01. The van der Waals surface area contributed by atoms with Crippen molar-refractivity contribution in [2.24, 2.45) is 0 Å². The highest BCUT2D eigenvalue weighted by atomic mass is 32.2. The molecule has 0 heterocycles. The molecule has 1 amide bonds. The molecule has 37 heavy (non-hydrogen) atoms. The van der Waals surface area contributed by atoms with Crippen LogP contribution in [0.3, 0.4) is 0 Å². The molecule has 0 radical (unpaired) electrons. The van der Waals surface area contributed by atoms with E-state index in [1.165, 1.54) is 43.3 Å². The molecule has 0 spiro atoms. The molecule has 0 aliphatic carbocycles. The zero-order chi connectivity index (χ0) is 27.5. The van der Waals surface area contributed by atoms with E-state index in [9.17, 15) is 46.6 Å². The molecule has 0 aromatic heterocycles. The maximum absolute atomic E-state index is 13.4. The average Bonchev–Trinajstić information content (AvgIpc) is 2.79. The predicted octanol–water partition coefficient (Wildman–Crippen LogP) is 5.65. The van der Waals surface area contributed by atoms with Crippen LogP contribution >= 0.6 is 11.8 Å². The number of carbonyl (C=O) groups is 1. The van der Waals surface area contributed by atoms with Crippen LogP contribution in [0, 0.1) is 20.2 Å². The smallest absolute Gasteiger partial charge is 0.350 e. The number of nitro benzene ring substituents is 2. The van der Waals surface area contributed by atoms with Gasteiger partial charge in [-0.25, -0.2) is 8.42 Å². The Kier molecular flexibility index (Phi) is 7.73. The summed E-state index contributed by atoms with van der Waals surface area (Å²) in [7, 11) is -6.01. The minimum Gasteiger partial charge on any atom is -0.350 e. The number of nitro groups is 2. The highest BCUT2D eigenvalue weighted by Crippen LogP contribution is 2.44. The van der Waals surface area contributed by atoms with E-state index in [1.807, 2.05) is 0 Å². The van der Waals surface area contributed by atoms with Gasteiger partial charge in [0.2, 0.25) is 5.91 Å². The summed E-state index contributed by atoms with van der Waals surface area (Å²) in [5, 5.41) is 27.7. The van der Waals surface area contributed by atoms with Gasteiger partial charge in [-0.15, -0.1) is 0 Å². The zero-order valence-corrected chi connectivity index (χ0v) is 20.1. The van der Waals surface area contributed by atoms with E-state index in [2.05, 4.69) is 10.6 Å². The molecule has 0 bridgehead atoms. The summed E-state index contributed by atoms with van der Waals surface area (Å²) in [6, 6.07) is 11.5. The SMILES string of the molecule is CC(=O)Nc1ccc(Nc2cc(Sc3ccc([N+](=O)[O-])cc3)c(S(=O)(=O)C(F)(F)F)cc2[N+](=O)[O-])cc1. The summed E-state index contributed by atoms with van der Waals surface area (Å²) in [5.41, 5.74) is -6.66. The second-order valence-electron chi connectivity index (χ2n) is 7.26. The third-order valence-electron chi connectivity index (χ3n) is 4.61. The van der Waals surface area contributed by atoms with Crippen LogP contribution in [-0.2, 0) is 14.6 Å². The van der Waals surface area contributed by atoms with E-state index in [1.54, 1.807) is 0 Å². The number of rotatable bonds is 8. The molecule has 194 valence electrons. The Morgan fingerprint density at radius 1 is 0.919 bits per heavy atom. The van der Waals surface area contributed by atoms with Crippen molar-refractivity contribution >= 4 is 55.9 Å². The van der Waals surface area contributed by atoms with Crippen molar-refractivity contribution in [3.63, 3.8) is 0 Å². The van der Waals surface area contributed by atoms with E-state index in [-0.39, 0.29) is 27.9 Å². The van der Waals surface area contributed by atoms with Gasteiger partial charge < -0.3 is 10.6 Å². The van der Waals surface area contributed by atoms with Crippen molar-refractivity contribution in [3.8, 4) is 0 Å². The van der Waals surface area contributed by atoms with Crippen LogP contribution in [0.15, 0.2) is 75.4 Å². The summed E-state index contributed by atoms with van der Waals surface area (Å²) in [5.74, 6) is -0.342. The van der Waals surface area contributed by atoms with Gasteiger partial charge in [-0.3, -0.25) is 25.0 Å². The lowest BCUT2D eigenvalue weighted by molar-refractivity contribution is -0.384. The fourth-order valence-electron chi connectivity index (χ4n) is 2.97. The van der Waals surface area contributed by atoms with Crippen molar-refractivity contribution < 1.29 is 36.2 Å². The number of nitrogens with zero attached hydrogens (tertiary/aromatic N) is 2. The number of amides is 1. The Morgan fingerprint density at radius 3 is 1.97 bits per heavy atom. The van der Waals surface area contributed by atoms with Crippen LogP contribution < -0.4 is 10.6 Å². The Labute approximate surface area is 210 Å². The van der Waals surface area contributed by atoms with E-state index in [4.69, 9.17) is 0 Å². The molecule has 3 aromatic rings. The normalized spacial score (nSPS) is 11.6. The fourth-order valence-corrected chi connectivity index (χ4v) is 5.13. The molecule has 0 saturated heterocycles. The van der Waals surface area contributed by atoms with Crippen LogP contribution in [0.2, 0.25) is 0 Å². The minimum absolute atomic E-state index is 0.142. The molecular weight excluding hydrogens is 541 g/mol. The molecule has 16 heteroatoms. The first-order valence-electron chi connectivity index (χ1n) is 9.90. The monoisotopic (exact) mass is 556 g/mol. The van der Waals surface area contributed by atoms with Crippen molar-refractivity contribution in [3.05, 3.63) is 80.9 Å². The van der Waals surface area contributed by atoms with Crippen molar-refractivity contribution in [1.29, 1.82) is 0 Å². The maximum atomic E-state index is 13.4. The van der Waals surface area contributed by atoms with Crippen molar-refractivity contribution in [2.75, 3.05) is 10.6 Å². The predicted molar refractivity (Wildman–Crippen MR) is 128 cm³/mol. The van der Waals surface area contributed by atoms with Crippen molar-refractivity contribution in [1.82, 2.24) is 0 Å². The third-order valence-corrected chi connectivity index (χ3v) is 7.33. The molecular formula is C21H15F3N4O7S2. The molecule has 0 atom stereocenters. The largest absolute Gasteiger partial charge is 0.501 e. The molecule has 0 unspecified atom stereocenters. The molecule has 3 rings (SSSR count). The lowest BCUT2D eigenvalue weighted by Crippen LogP contribution is -2.24. The Hall–Kier alpha value is -4.18. The highest BCUT2D eigenvalue weighted by molar-refractivity contribution is 8.00. The number of anilines is 3. The lowest BCUT2D eigenvalue weighted by Gasteiger charge is -2.15. The molecule has 2 N–H and O–H groups in total. The molecule has 0 aliphatic heterocycles. The summed E-state index contributed by atoms with van der Waals surface area (Å²) in [6.45, 7) is 1.29. The number of sulfone groups is 1. The molecule has 11 nitrogen and oxygen atoms in total. The summed E-state index contributed by atoms with van der Waals surface area (Å²) in [4.78, 5) is 30.2. The number of hydrogen-bond acceptors (Lipinski definition) is 9.